The van der Waals surface area contributed by atoms with Gasteiger partial charge in [0.25, 0.3) is 0 Å². The molecule has 1 aromatic carbocycles. The Kier molecular flexibility index (Phi) is 3.32. The Bertz CT molecular complexity index is 801. The van der Waals surface area contributed by atoms with Crippen LogP contribution < -0.4 is 5.32 Å². The molecular formula is C15H12N4S. The van der Waals surface area contributed by atoms with E-state index in [9.17, 15) is 5.26 Å². The first-order chi connectivity index (χ1) is 9.78. The molecule has 0 unspecified atom stereocenters. The maximum absolute atomic E-state index is 9.24. The van der Waals surface area contributed by atoms with Gasteiger partial charge in [-0.1, -0.05) is 18.2 Å². The highest BCUT2D eigenvalue weighted by atomic mass is 32.1. The van der Waals surface area contributed by atoms with Crippen LogP contribution in [0, 0.1) is 18.3 Å². The van der Waals surface area contributed by atoms with Crippen molar-refractivity contribution in [2.45, 2.75) is 13.5 Å². The third-order valence-electron chi connectivity index (χ3n) is 3.01. The van der Waals surface area contributed by atoms with Gasteiger partial charge in [-0.2, -0.15) is 5.26 Å². The summed E-state index contributed by atoms with van der Waals surface area (Å²) < 4.78 is 0. The minimum Gasteiger partial charge on any atom is -0.378 e. The van der Waals surface area contributed by atoms with Crippen molar-refractivity contribution in [3.05, 3.63) is 52.1 Å². The molecule has 0 saturated carbocycles. The molecule has 0 saturated heterocycles. The van der Waals surface area contributed by atoms with E-state index in [0.717, 1.165) is 27.3 Å². The first kappa shape index (κ1) is 12.6. The van der Waals surface area contributed by atoms with E-state index < -0.39 is 0 Å². The lowest BCUT2D eigenvalue weighted by Gasteiger charge is -2.10. The van der Waals surface area contributed by atoms with E-state index in [2.05, 4.69) is 21.4 Å². The predicted molar refractivity (Wildman–Crippen MR) is 80.6 cm³/mol. The number of para-hydroxylation sites is 1. The lowest BCUT2D eigenvalue weighted by Crippen LogP contribution is -2.03. The van der Waals surface area contributed by atoms with Gasteiger partial charge in [0.05, 0.1) is 34.0 Å². The van der Waals surface area contributed by atoms with Crippen LogP contribution in [-0.4, -0.2) is 9.97 Å². The van der Waals surface area contributed by atoms with Crippen molar-refractivity contribution in [3.8, 4) is 6.07 Å². The summed E-state index contributed by atoms with van der Waals surface area (Å²) in [6, 6.07) is 9.98. The van der Waals surface area contributed by atoms with Crippen LogP contribution in [0.1, 0.15) is 16.3 Å². The normalized spacial score (nSPS) is 10.4. The summed E-state index contributed by atoms with van der Waals surface area (Å²) >= 11 is 1.62. The van der Waals surface area contributed by atoms with Crippen LogP contribution in [-0.2, 0) is 6.54 Å². The van der Waals surface area contributed by atoms with E-state index in [0.29, 0.717) is 12.1 Å². The van der Waals surface area contributed by atoms with Crippen LogP contribution in [0.15, 0.2) is 35.8 Å². The van der Waals surface area contributed by atoms with Crippen LogP contribution in [0.4, 0.5) is 5.69 Å². The molecule has 1 N–H and O–H groups in total. The van der Waals surface area contributed by atoms with Crippen molar-refractivity contribution in [3.63, 3.8) is 0 Å². The monoisotopic (exact) mass is 280 g/mol. The van der Waals surface area contributed by atoms with Crippen LogP contribution >= 0.6 is 11.3 Å². The van der Waals surface area contributed by atoms with Gasteiger partial charge in [0.1, 0.15) is 6.07 Å². The molecule has 3 rings (SSSR count). The number of aryl methyl sites for hydroxylation is 1. The number of anilines is 1. The lowest BCUT2D eigenvalue weighted by molar-refractivity contribution is 1.05. The summed E-state index contributed by atoms with van der Waals surface area (Å²) in [6.07, 6.45) is 1.61. The topological polar surface area (TPSA) is 61.6 Å². The lowest BCUT2D eigenvalue weighted by atomic mass is 10.1. The minimum absolute atomic E-state index is 0.552. The fourth-order valence-corrected chi connectivity index (χ4v) is 2.70. The second-order valence-corrected chi connectivity index (χ2v) is 5.45. The maximum atomic E-state index is 9.24. The molecule has 2 aromatic heterocycles. The molecule has 0 spiro atoms. The highest BCUT2D eigenvalue weighted by Gasteiger charge is 2.08. The number of rotatable bonds is 3. The molecule has 0 amide bonds. The Hall–Kier alpha value is -2.45. The average Bonchev–Trinajstić information content (AvgIpc) is 2.90. The van der Waals surface area contributed by atoms with Crippen molar-refractivity contribution in [1.82, 2.24) is 9.97 Å². The van der Waals surface area contributed by atoms with E-state index >= 15 is 0 Å². The Morgan fingerprint density at radius 2 is 2.20 bits per heavy atom. The van der Waals surface area contributed by atoms with Crippen molar-refractivity contribution in [2.24, 2.45) is 0 Å². The van der Waals surface area contributed by atoms with E-state index in [1.165, 1.54) is 0 Å². The zero-order chi connectivity index (χ0) is 13.9. The Morgan fingerprint density at radius 1 is 1.35 bits per heavy atom. The van der Waals surface area contributed by atoms with Gasteiger partial charge < -0.3 is 5.32 Å². The number of hydrogen-bond donors (Lipinski definition) is 1. The molecular weight excluding hydrogens is 268 g/mol. The van der Waals surface area contributed by atoms with Crippen molar-refractivity contribution in [1.29, 1.82) is 5.26 Å². The van der Waals surface area contributed by atoms with Crippen molar-refractivity contribution >= 4 is 27.9 Å². The minimum atomic E-state index is 0.552. The Morgan fingerprint density at radius 3 is 2.95 bits per heavy atom. The van der Waals surface area contributed by atoms with Crippen molar-refractivity contribution in [2.75, 3.05) is 5.32 Å². The molecule has 98 valence electrons. The summed E-state index contributed by atoms with van der Waals surface area (Å²) in [5.41, 5.74) is 3.24. The average molecular weight is 280 g/mol. The molecule has 0 aliphatic carbocycles. The van der Waals surface area contributed by atoms with Gasteiger partial charge in [0.15, 0.2) is 0 Å². The molecule has 0 fully saturated rings. The molecule has 20 heavy (non-hydrogen) atoms. The fourth-order valence-electron chi connectivity index (χ4n) is 2.08. The van der Waals surface area contributed by atoms with E-state index in [4.69, 9.17) is 0 Å². The van der Waals surface area contributed by atoms with E-state index in [1.807, 2.05) is 36.6 Å². The van der Waals surface area contributed by atoms with Gasteiger partial charge >= 0.3 is 0 Å². The highest BCUT2D eigenvalue weighted by Crippen LogP contribution is 2.25. The third kappa shape index (κ3) is 2.33. The molecule has 0 atom stereocenters. The zero-order valence-corrected chi connectivity index (χ0v) is 11.7. The molecule has 0 radical (unpaired) electrons. The Labute approximate surface area is 120 Å². The molecule has 0 aliphatic rings. The summed E-state index contributed by atoms with van der Waals surface area (Å²) in [4.78, 5) is 8.71. The predicted octanol–water partition coefficient (Wildman–Crippen LogP) is 3.48. The maximum Gasteiger partial charge on any atom is 0.103 e. The number of nitrogens with zero attached hydrogens (tertiary/aromatic N) is 3. The number of pyridine rings is 1. The molecule has 0 bridgehead atoms. The molecule has 5 heteroatoms. The number of hydrogen-bond acceptors (Lipinski definition) is 5. The number of nitriles is 1. The highest BCUT2D eigenvalue weighted by molar-refractivity contribution is 7.09. The Balaban J connectivity index is 1.98. The van der Waals surface area contributed by atoms with Gasteiger partial charge in [-0.05, 0) is 13.0 Å². The zero-order valence-electron chi connectivity index (χ0n) is 10.9. The summed E-state index contributed by atoms with van der Waals surface area (Å²) in [5.74, 6) is 0. The first-order valence-electron chi connectivity index (χ1n) is 6.20. The van der Waals surface area contributed by atoms with Crippen LogP contribution in [0.3, 0.4) is 0 Å². The number of benzene rings is 1. The van der Waals surface area contributed by atoms with Gasteiger partial charge in [0, 0.05) is 17.0 Å². The summed E-state index contributed by atoms with van der Waals surface area (Å²) in [7, 11) is 0. The largest absolute Gasteiger partial charge is 0.378 e. The van der Waals surface area contributed by atoms with Crippen molar-refractivity contribution < 1.29 is 0 Å². The van der Waals surface area contributed by atoms with Gasteiger partial charge in [0.2, 0.25) is 0 Å². The number of nitrogens with one attached hydrogen (secondary N) is 1. The fraction of sp³-hybridized carbons (Fsp3) is 0.133. The van der Waals surface area contributed by atoms with Gasteiger partial charge in [-0.15, -0.1) is 11.3 Å². The third-order valence-corrected chi connectivity index (χ3v) is 3.83. The smallest absolute Gasteiger partial charge is 0.103 e. The number of thiazole rings is 1. The second kappa shape index (κ2) is 5.27. The second-order valence-electron chi connectivity index (χ2n) is 4.39. The molecule has 0 aliphatic heterocycles. The molecule has 4 nitrogen and oxygen atoms in total. The quantitative estimate of drug-likeness (QED) is 0.797. The molecule has 3 aromatic rings. The van der Waals surface area contributed by atoms with E-state index in [1.54, 1.807) is 17.5 Å². The number of fused-ring (bicyclic) bond motifs is 1. The molecule has 2 heterocycles. The van der Waals surface area contributed by atoms with Gasteiger partial charge in [-0.3, -0.25) is 4.98 Å². The van der Waals surface area contributed by atoms with Crippen LogP contribution in [0.5, 0.6) is 0 Å². The SMILES string of the molecule is Cc1nc(CNc2c(C#N)cnc3ccccc23)cs1. The van der Waals surface area contributed by atoms with Crippen LogP contribution in [0.25, 0.3) is 10.9 Å². The summed E-state index contributed by atoms with van der Waals surface area (Å²) in [5, 5.41) is 16.6. The standard InChI is InChI=1S/C15H12N4S/c1-10-19-12(9-20-10)8-18-15-11(6-16)7-17-14-5-3-2-4-13(14)15/h2-5,7,9H,8H2,1H3,(H,17,18). The number of aromatic nitrogens is 2. The first-order valence-corrected chi connectivity index (χ1v) is 7.08. The summed E-state index contributed by atoms with van der Waals surface area (Å²) in [6.45, 7) is 2.59. The van der Waals surface area contributed by atoms with Gasteiger partial charge in [-0.25, -0.2) is 4.98 Å². The van der Waals surface area contributed by atoms with E-state index in [-0.39, 0.29) is 0 Å². The van der Waals surface area contributed by atoms with Crippen LogP contribution in [0.2, 0.25) is 0 Å².